The molecule has 1 aromatic rings. The van der Waals surface area contributed by atoms with Gasteiger partial charge in [0, 0.05) is 25.3 Å². The number of hydrogen-bond donors (Lipinski definition) is 2. The van der Waals surface area contributed by atoms with Crippen LogP contribution in [-0.4, -0.2) is 31.7 Å². The quantitative estimate of drug-likeness (QED) is 0.864. The van der Waals surface area contributed by atoms with E-state index in [0.717, 1.165) is 18.4 Å². The topological polar surface area (TPSA) is 50.4 Å². The molecule has 0 spiro atoms. The van der Waals surface area contributed by atoms with Crippen LogP contribution in [0, 0.1) is 5.82 Å². The number of nitrogens with one attached hydrogen (secondary N) is 2. The van der Waals surface area contributed by atoms with Gasteiger partial charge in [0.2, 0.25) is 5.91 Å². The zero-order valence-electron chi connectivity index (χ0n) is 11.7. The lowest BCUT2D eigenvalue weighted by atomic mass is 10.1. The monoisotopic (exact) mass is 280 g/mol. The Morgan fingerprint density at radius 1 is 1.35 bits per heavy atom. The van der Waals surface area contributed by atoms with E-state index in [1.54, 1.807) is 12.1 Å². The maximum Gasteiger partial charge on any atom is 0.234 e. The molecule has 0 bridgehead atoms. The molecule has 1 fully saturated rings. The summed E-state index contributed by atoms with van der Waals surface area (Å²) in [4.78, 5) is 11.8. The average molecular weight is 280 g/mol. The van der Waals surface area contributed by atoms with E-state index in [-0.39, 0.29) is 30.4 Å². The van der Waals surface area contributed by atoms with Crippen LogP contribution in [0.2, 0.25) is 0 Å². The fourth-order valence-corrected chi connectivity index (χ4v) is 2.24. The molecule has 0 aliphatic carbocycles. The van der Waals surface area contributed by atoms with Gasteiger partial charge in [-0.2, -0.15) is 0 Å². The van der Waals surface area contributed by atoms with Gasteiger partial charge in [-0.05, 0) is 37.5 Å². The Morgan fingerprint density at radius 2 is 2.00 bits per heavy atom. The minimum absolute atomic E-state index is 0.00846. The van der Waals surface area contributed by atoms with Crippen molar-refractivity contribution in [1.29, 1.82) is 0 Å². The highest BCUT2D eigenvalue weighted by atomic mass is 19.1. The first-order chi connectivity index (χ1) is 9.65. The van der Waals surface area contributed by atoms with Gasteiger partial charge in [0.25, 0.3) is 0 Å². The van der Waals surface area contributed by atoms with E-state index in [9.17, 15) is 9.18 Å². The van der Waals surface area contributed by atoms with E-state index in [1.807, 2.05) is 6.92 Å². The van der Waals surface area contributed by atoms with Crippen LogP contribution in [0.25, 0.3) is 0 Å². The van der Waals surface area contributed by atoms with E-state index in [1.165, 1.54) is 12.1 Å². The Hall–Kier alpha value is -1.46. The largest absolute Gasteiger partial charge is 0.381 e. The highest BCUT2D eigenvalue weighted by Crippen LogP contribution is 2.12. The van der Waals surface area contributed by atoms with Crippen LogP contribution in [0.1, 0.15) is 31.4 Å². The molecule has 1 aromatic carbocycles. The van der Waals surface area contributed by atoms with Crippen LogP contribution < -0.4 is 10.6 Å². The van der Waals surface area contributed by atoms with Crippen LogP contribution in [0.15, 0.2) is 24.3 Å². The maximum absolute atomic E-state index is 12.8. The second-order valence-electron chi connectivity index (χ2n) is 5.11. The molecule has 1 aliphatic rings. The first-order valence-corrected chi connectivity index (χ1v) is 7.01. The predicted molar refractivity (Wildman–Crippen MR) is 74.8 cm³/mol. The molecule has 1 saturated heterocycles. The number of rotatable bonds is 5. The average Bonchev–Trinajstić information content (AvgIpc) is 2.46. The molecule has 2 N–H and O–H groups in total. The van der Waals surface area contributed by atoms with E-state index in [2.05, 4.69) is 10.6 Å². The third kappa shape index (κ3) is 4.58. The second kappa shape index (κ2) is 7.36. The highest BCUT2D eigenvalue weighted by molar-refractivity contribution is 5.78. The number of hydrogen-bond acceptors (Lipinski definition) is 3. The molecule has 5 heteroatoms. The van der Waals surface area contributed by atoms with Crippen molar-refractivity contribution < 1.29 is 13.9 Å². The van der Waals surface area contributed by atoms with Crippen LogP contribution in [0.5, 0.6) is 0 Å². The molecule has 1 unspecified atom stereocenters. The van der Waals surface area contributed by atoms with E-state index >= 15 is 0 Å². The molecular weight excluding hydrogens is 259 g/mol. The minimum atomic E-state index is -0.252. The van der Waals surface area contributed by atoms with E-state index < -0.39 is 0 Å². The van der Waals surface area contributed by atoms with Gasteiger partial charge in [-0.15, -0.1) is 0 Å². The molecule has 1 amide bonds. The third-order valence-corrected chi connectivity index (χ3v) is 3.53. The Morgan fingerprint density at radius 3 is 2.65 bits per heavy atom. The van der Waals surface area contributed by atoms with Crippen molar-refractivity contribution in [3.8, 4) is 0 Å². The first-order valence-electron chi connectivity index (χ1n) is 7.01. The summed E-state index contributed by atoms with van der Waals surface area (Å²) in [6, 6.07) is 6.54. The fourth-order valence-electron chi connectivity index (χ4n) is 2.24. The number of ether oxygens (including phenoxy) is 1. The van der Waals surface area contributed by atoms with Crippen molar-refractivity contribution in [2.45, 2.75) is 31.8 Å². The summed E-state index contributed by atoms with van der Waals surface area (Å²) in [5.41, 5.74) is 0.963. The zero-order chi connectivity index (χ0) is 14.4. The standard InChI is InChI=1S/C15H21FN2O2/c1-11(12-2-4-13(16)5-3-12)17-10-15(19)18-14-6-8-20-9-7-14/h2-5,11,14,17H,6-10H2,1H3,(H,18,19). The molecular formula is C15H21FN2O2. The first kappa shape index (κ1) is 14.9. The lowest BCUT2D eigenvalue weighted by molar-refractivity contribution is -0.121. The molecule has 1 atom stereocenters. The van der Waals surface area contributed by atoms with Crippen LogP contribution in [0.4, 0.5) is 4.39 Å². The normalized spacial score (nSPS) is 17.7. The minimum Gasteiger partial charge on any atom is -0.381 e. The van der Waals surface area contributed by atoms with Gasteiger partial charge in [0.15, 0.2) is 0 Å². The fraction of sp³-hybridized carbons (Fsp3) is 0.533. The Bertz CT molecular complexity index is 430. The number of halogens is 1. The van der Waals surface area contributed by atoms with Crippen molar-refractivity contribution in [3.63, 3.8) is 0 Å². The SMILES string of the molecule is CC(NCC(=O)NC1CCOCC1)c1ccc(F)cc1. The summed E-state index contributed by atoms with van der Waals surface area (Å²) in [5.74, 6) is -0.260. The van der Waals surface area contributed by atoms with Crippen LogP contribution in [-0.2, 0) is 9.53 Å². The van der Waals surface area contributed by atoms with Crippen molar-refractivity contribution in [2.24, 2.45) is 0 Å². The Labute approximate surface area is 118 Å². The van der Waals surface area contributed by atoms with Crippen LogP contribution >= 0.6 is 0 Å². The molecule has 0 radical (unpaired) electrons. The number of carbonyl (C=O) groups is 1. The van der Waals surface area contributed by atoms with Gasteiger partial charge in [0.05, 0.1) is 6.54 Å². The summed E-state index contributed by atoms with van der Waals surface area (Å²) < 4.78 is 18.1. The molecule has 0 aromatic heterocycles. The summed E-state index contributed by atoms with van der Waals surface area (Å²) in [6.45, 7) is 3.64. The van der Waals surface area contributed by atoms with Gasteiger partial charge < -0.3 is 15.4 Å². The Kier molecular flexibility index (Phi) is 5.49. The summed E-state index contributed by atoms with van der Waals surface area (Å²) in [6.07, 6.45) is 1.75. The van der Waals surface area contributed by atoms with Gasteiger partial charge in [-0.1, -0.05) is 12.1 Å². The van der Waals surface area contributed by atoms with Crippen molar-refractivity contribution in [2.75, 3.05) is 19.8 Å². The zero-order valence-corrected chi connectivity index (χ0v) is 11.7. The third-order valence-electron chi connectivity index (χ3n) is 3.53. The second-order valence-corrected chi connectivity index (χ2v) is 5.11. The highest BCUT2D eigenvalue weighted by Gasteiger charge is 2.16. The number of benzene rings is 1. The maximum atomic E-state index is 12.8. The lowest BCUT2D eigenvalue weighted by Crippen LogP contribution is -2.43. The van der Waals surface area contributed by atoms with Crippen molar-refractivity contribution in [3.05, 3.63) is 35.6 Å². The molecule has 1 heterocycles. The predicted octanol–water partition coefficient (Wildman–Crippen LogP) is 1.77. The van der Waals surface area contributed by atoms with Crippen molar-refractivity contribution >= 4 is 5.91 Å². The van der Waals surface area contributed by atoms with Gasteiger partial charge in [0.1, 0.15) is 5.82 Å². The van der Waals surface area contributed by atoms with Gasteiger partial charge in [-0.3, -0.25) is 4.79 Å². The molecule has 4 nitrogen and oxygen atoms in total. The summed E-state index contributed by atoms with van der Waals surface area (Å²) >= 11 is 0. The van der Waals surface area contributed by atoms with E-state index in [4.69, 9.17) is 4.74 Å². The van der Waals surface area contributed by atoms with Crippen LogP contribution in [0.3, 0.4) is 0 Å². The molecule has 0 saturated carbocycles. The van der Waals surface area contributed by atoms with E-state index in [0.29, 0.717) is 13.2 Å². The van der Waals surface area contributed by atoms with Gasteiger partial charge in [-0.25, -0.2) is 4.39 Å². The summed E-state index contributed by atoms with van der Waals surface area (Å²) in [7, 11) is 0. The van der Waals surface area contributed by atoms with Gasteiger partial charge >= 0.3 is 0 Å². The number of amides is 1. The molecule has 110 valence electrons. The lowest BCUT2D eigenvalue weighted by Gasteiger charge is -2.23. The smallest absolute Gasteiger partial charge is 0.234 e. The summed E-state index contributed by atoms with van der Waals surface area (Å²) in [5, 5.41) is 6.14. The Balaban J connectivity index is 1.73. The molecule has 1 aliphatic heterocycles. The molecule has 2 rings (SSSR count). The van der Waals surface area contributed by atoms with Crippen molar-refractivity contribution in [1.82, 2.24) is 10.6 Å². The molecule has 20 heavy (non-hydrogen) atoms. The number of carbonyl (C=O) groups excluding carboxylic acids is 1.